The topological polar surface area (TPSA) is 104 Å². The summed E-state index contributed by atoms with van der Waals surface area (Å²) >= 11 is 0. The number of urea groups is 1. The fraction of sp³-hybridized carbons (Fsp3) is 0.846. The van der Waals surface area contributed by atoms with Crippen LogP contribution in [0.3, 0.4) is 0 Å². The molecule has 0 spiro atoms. The molecule has 0 aromatic carbocycles. The Hall–Kier alpha value is -1.31. The molecule has 2 N–H and O–H groups in total. The van der Waals surface area contributed by atoms with Crippen molar-refractivity contribution in [3.05, 3.63) is 0 Å². The number of nitrogens with zero attached hydrogens (tertiary/aromatic N) is 1. The third kappa shape index (κ3) is 7.31. The number of rotatable bonds is 7. The number of hydrogen-bond donors (Lipinski definition) is 2. The second-order valence-corrected chi connectivity index (χ2v) is 7.75. The van der Waals surface area contributed by atoms with Crippen molar-refractivity contribution < 1.29 is 23.1 Å². The van der Waals surface area contributed by atoms with Crippen LogP contribution in [0.4, 0.5) is 4.79 Å². The highest BCUT2D eigenvalue weighted by atomic mass is 32.2. The lowest BCUT2D eigenvalue weighted by Crippen LogP contribution is -2.49. The molecule has 2 amide bonds. The van der Waals surface area contributed by atoms with Crippen molar-refractivity contribution in [1.82, 2.24) is 10.2 Å². The summed E-state index contributed by atoms with van der Waals surface area (Å²) in [6.07, 6.45) is 4.82. The molecule has 7 nitrogen and oxygen atoms in total. The first-order valence-electron chi connectivity index (χ1n) is 7.23. The number of carboxylic acids is 1. The van der Waals surface area contributed by atoms with Gasteiger partial charge in [0, 0.05) is 31.8 Å². The van der Waals surface area contributed by atoms with Gasteiger partial charge in [-0.1, -0.05) is 0 Å². The minimum absolute atomic E-state index is 0.0373. The number of sulfone groups is 1. The summed E-state index contributed by atoms with van der Waals surface area (Å²) in [5.41, 5.74) is 0. The van der Waals surface area contributed by atoms with E-state index in [1.807, 2.05) is 0 Å². The van der Waals surface area contributed by atoms with Crippen molar-refractivity contribution in [2.45, 2.75) is 44.6 Å². The lowest BCUT2D eigenvalue weighted by molar-refractivity contribution is -0.137. The van der Waals surface area contributed by atoms with Gasteiger partial charge in [0.15, 0.2) is 0 Å². The number of amides is 2. The van der Waals surface area contributed by atoms with Crippen LogP contribution in [-0.4, -0.2) is 61.6 Å². The second kappa shape index (κ2) is 8.21. The number of carbonyl (C=O) groups excluding carboxylic acids is 1. The molecule has 1 saturated heterocycles. The smallest absolute Gasteiger partial charge is 0.317 e. The summed E-state index contributed by atoms with van der Waals surface area (Å²) in [5.74, 6) is -0.801. The Bertz CT molecular complexity index is 463. The number of hydrogen-bond acceptors (Lipinski definition) is 4. The van der Waals surface area contributed by atoms with Gasteiger partial charge >= 0.3 is 12.0 Å². The zero-order valence-electron chi connectivity index (χ0n) is 12.4. The molecule has 21 heavy (non-hydrogen) atoms. The van der Waals surface area contributed by atoms with Crippen LogP contribution in [0.5, 0.6) is 0 Å². The molecule has 8 heteroatoms. The highest BCUT2D eigenvalue weighted by molar-refractivity contribution is 7.90. The quantitative estimate of drug-likeness (QED) is 0.677. The molecule has 1 fully saturated rings. The monoisotopic (exact) mass is 320 g/mol. The van der Waals surface area contributed by atoms with Gasteiger partial charge < -0.3 is 15.3 Å². The first kappa shape index (κ1) is 17.7. The highest BCUT2D eigenvalue weighted by Gasteiger charge is 2.26. The van der Waals surface area contributed by atoms with E-state index < -0.39 is 15.8 Å². The van der Waals surface area contributed by atoms with Gasteiger partial charge in [0.05, 0.1) is 5.75 Å². The first-order chi connectivity index (χ1) is 9.79. The maximum Gasteiger partial charge on any atom is 0.317 e. The lowest BCUT2D eigenvalue weighted by Gasteiger charge is -2.35. The molecule has 0 aromatic heterocycles. The van der Waals surface area contributed by atoms with E-state index in [0.29, 0.717) is 25.9 Å². The normalized spacial score (nSPS) is 19.3. The summed E-state index contributed by atoms with van der Waals surface area (Å²) in [6, 6.07) is -0.261. The zero-order chi connectivity index (χ0) is 15.9. The second-order valence-electron chi connectivity index (χ2n) is 5.49. The Labute approximate surface area is 125 Å². The molecule has 1 rings (SSSR count). The van der Waals surface area contributed by atoms with Crippen LogP contribution in [0.25, 0.3) is 0 Å². The summed E-state index contributed by atoms with van der Waals surface area (Å²) < 4.78 is 22.0. The summed E-state index contributed by atoms with van der Waals surface area (Å²) in [4.78, 5) is 24.4. The molecule has 1 heterocycles. The van der Waals surface area contributed by atoms with Gasteiger partial charge in [-0.3, -0.25) is 4.79 Å². The largest absolute Gasteiger partial charge is 0.481 e. The third-order valence-electron chi connectivity index (χ3n) is 3.55. The van der Waals surface area contributed by atoms with Crippen LogP contribution in [0.1, 0.15) is 38.5 Å². The van der Waals surface area contributed by atoms with Gasteiger partial charge in [0.25, 0.3) is 0 Å². The summed E-state index contributed by atoms with van der Waals surface area (Å²) in [7, 11) is -3.01. The number of likely N-dealkylation sites (tertiary alicyclic amines) is 1. The van der Waals surface area contributed by atoms with E-state index >= 15 is 0 Å². The number of nitrogens with one attached hydrogen (secondary N) is 1. The van der Waals surface area contributed by atoms with Crippen LogP contribution in [-0.2, 0) is 14.6 Å². The van der Waals surface area contributed by atoms with Crippen LogP contribution in [0.15, 0.2) is 0 Å². The van der Waals surface area contributed by atoms with Crippen LogP contribution in [0.2, 0.25) is 0 Å². The summed E-state index contributed by atoms with van der Waals surface area (Å²) in [5, 5.41) is 11.5. The molecule has 1 unspecified atom stereocenters. The summed E-state index contributed by atoms with van der Waals surface area (Å²) in [6.45, 7) is 0.941. The van der Waals surface area contributed by atoms with Gasteiger partial charge in [-0.05, 0) is 32.1 Å². The van der Waals surface area contributed by atoms with Gasteiger partial charge in [-0.25, -0.2) is 13.2 Å². The molecule has 0 radical (unpaired) electrons. The number of carboxylic acid groups (broad SMARTS) is 1. The van der Waals surface area contributed by atoms with Crippen molar-refractivity contribution in [1.29, 1.82) is 0 Å². The Balaban J connectivity index is 2.40. The van der Waals surface area contributed by atoms with E-state index in [0.717, 1.165) is 19.3 Å². The van der Waals surface area contributed by atoms with Crippen LogP contribution in [0, 0.1) is 0 Å². The first-order valence-corrected chi connectivity index (χ1v) is 9.29. The van der Waals surface area contributed by atoms with E-state index in [2.05, 4.69) is 5.32 Å². The van der Waals surface area contributed by atoms with E-state index in [4.69, 9.17) is 5.11 Å². The minimum atomic E-state index is -3.01. The average Bonchev–Trinajstić information content (AvgIpc) is 2.40. The minimum Gasteiger partial charge on any atom is -0.481 e. The molecule has 0 bridgehead atoms. The number of carbonyl (C=O) groups is 2. The average molecular weight is 320 g/mol. The van der Waals surface area contributed by atoms with Crippen molar-refractivity contribution in [3.63, 3.8) is 0 Å². The fourth-order valence-corrected chi connectivity index (χ4v) is 3.16. The van der Waals surface area contributed by atoms with E-state index in [1.165, 1.54) is 6.26 Å². The number of aliphatic carboxylic acids is 1. The zero-order valence-corrected chi connectivity index (χ0v) is 13.2. The molecule has 122 valence electrons. The molecule has 1 atom stereocenters. The Morgan fingerprint density at radius 3 is 2.67 bits per heavy atom. The van der Waals surface area contributed by atoms with Crippen molar-refractivity contribution in [2.24, 2.45) is 0 Å². The Morgan fingerprint density at radius 2 is 2.05 bits per heavy atom. The Morgan fingerprint density at radius 1 is 1.33 bits per heavy atom. The van der Waals surface area contributed by atoms with Crippen LogP contribution >= 0.6 is 0 Å². The van der Waals surface area contributed by atoms with Crippen molar-refractivity contribution >= 4 is 21.8 Å². The predicted octanol–water partition coefficient (Wildman–Crippen LogP) is 0.850. The van der Waals surface area contributed by atoms with Crippen molar-refractivity contribution in [2.75, 3.05) is 25.1 Å². The van der Waals surface area contributed by atoms with Gasteiger partial charge in [0.1, 0.15) is 9.84 Å². The van der Waals surface area contributed by atoms with Gasteiger partial charge in [-0.15, -0.1) is 0 Å². The predicted molar refractivity (Wildman–Crippen MR) is 78.9 cm³/mol. The van der Waals surface area contributed by atoms with Crippen molar-refractivity contribution in [3.8, 4) is 0 Å². The highest BCUT2D eigenvalue weighted by Crippen LogP contribution is 2.20. The third-order valence-corrected chi connectivity index (χ3v) is 4.58. The molecule has 0 saturated carbocycles. The van der Waals surface area contributed by atoms with E-state index in [1.54, 1.807) is 4.90 Å². The SMILES string of the molecule is CS(=O)(=O)CCCNC(=O)N1CCCCC1CCC(=O)O. The molecule has 0 aromatic rings. The fourth-order valence-electron chi connectivity index (χ4n) is 2.49. The van der Waals surface area contributed by atoms with E-state index in [-0.39, 0.29) is 24.2 Å². The lowest BCUT2D eigenvalue weighted by atomic mass is 9.98. The molecular weight excluding hydrogens is 296 g/mol. The van der Waals surface area contributed by atoms with E-state index in [9.17, 15) is 18.0 Å². The maximum absolute atomic E-state index is 12.1. The van der Waals surface area contributed by atoms with Crippen LogP contribution < -0.4 is 5.32 Å². The molecular formula is C13H24N2O5S. The molecule has 1 aliphatic heterocycles. The van der Waals surface area contributed by atoms with Gasteiger partial charge in [-0.2, -0.15) is 0 Å². The maximum atomic E-state index is 12.1. The molecule has 1 aliphatic rings. The Kier molecular flexibility index (Phi) is 6.94. The standard InChI is InChI=1S/C13H24N2O5S/c1-21(19,20)10-4-8-14-13(18)15-9-3-2-5-11(15)6-7-12(16)17/h11H,2-10H2,1H3,(H,14,18)(H,16,17). The number of piperidine rings is 1. The van der Waals surface area contributed by atoms with Gasteiger partial charge in [0.2, 0.25) is 0 Å². The molecule has 0 aliphatic carbocycles.